The summed E-state index contributed by atoms with van der Waals surface area (Å²) in [6.07, 6.45) is 7.06. The van der Waals surface area contributed by atoms with Gasteiger partial charge in [-0.05, 0) is 30.4 Å². The van der Waals surface area contributed by atoms with E-state index in [-0.39, 0.29) is 0 Å². The molecule has 2 fully saturated rings. The highest BCUT2D eigenvalue weighted by molar-refractivity contribution is 5.15. The third-order valence-electron chi connectivity index (χ3n) is 5.34. The summed E-state index contributed by atoms with van der Waals surface area (Å²) in [4.78, 5) is 9.42. The SMILES string of the molecule is c1ccc(CN2C[C@H]3CN(CCCn4ccnc4)C[C@H]3C2)cc1. The summed E-state index contributed by atoms with van der Waals surface area (Å²) in [6, 6.07) is 10.9. The minimum Gasteiger partial charge on any atom is -0.337 e. The van der Waals surface area contributed by atoms with E-state index in [1.165, 1.54) is 44.7 Å². The Labute approximate surface area is 138 Å². The van der Waals surface area contributed by atoms with Gasteiger partial charge in [0.25, 0.3) is 0 Å². The van der Waals surface area contributed by atoms with Gasteiger partial charge < -0.3 is 9.47 Å². The Morgan fingerprint density at radius 3 is 2.35 bits per heavy atom. The highest BCUT2D eigenvalue weighted by Crippen LogP contribution is 2.31. The lowest BCUT2D eigenvalue weighted by Crippen LogP contribution is -2.29. The normalized spacial score (nSPS) is 25.0. The maximum Gasteiger partial charge on any atom is 0.0945 e. The fourth-order valence-electron chi connectivity index (χ4n) is 4.24. The van der Waals surface area contributed by atoms with E-state index in [2.05, 4.69) is 55.9 Å². The van der Waals surface area contributed by atoms with Crippen LogP contribution in [-0.4, -0.2) is 52.1 Å². The van der Waals surface area contributed by atoms with Crippen molar-refractivity contribution in [3.63, 3.8) is 0 Å². The number of benzene rings is 1. The lowest BCUT2D eigenvalue weighted by atomic mass is 10.0. The molecule has 2 aromatic rings. The predicted octanol–water partition coefficient (Wildman–Crippen LogP) is 2.34. The van der Waals surface area contributed by atoms with Crippen LogP contribution in [0, 0.1) is 11.8 Å². The van der Waals surface area contributed by atoms with E-state index < -0.39 is 0 Å². The zero-order chi connectivity index (χ0) is 15.5. The molecule has 1 aromatic carbocycles. The van der Waals surface area contributed by atoms with Gasteiger partial charge in [-0.1, -0.05) is 30.3 Å². The average Bonchev–Trinajstić information content (AvgIpc) is 3.25. The number of rotatable bonds is 6. The van der Waals surface area contributed by atoms with Crippen LogP contribution < -0.4 is 0 Å². The van der Waals surface area contributed by atoms with Crippen molar-refractivity contribution in [2.45, 2.75) is 19.5 Å². The van der Waals surface area contributed by atoms with E-state index >= 15 is 0 Å². The quantitative estimate of drug-likeness (QED) is 0.818. The van der Waals surface area contributed by atoms with Gasteiger partial charge in [0.05, 0.1) is 6.33 Å². The summed E-state index contributed by atoms with van der Waals surface area (Å²) < 4.78 is 2.18. The molecule has 1 aromatic heterocycles. The molecule has 4 heteroatoms. The lowest BCUT2D eigenvalue weighted by Gasteiger charge is -2.21. The van der Waals surface area contributed by atoms with Crippen LogP contribution >= 0.6 is 0 Å². The Hall–Kier alpha value is -1.65. The number of aryl methyl sites for hydroxylation is 1. The fourth-order valence-corrected chi connectivity index (χ4v) is 4.24. The van der Waals surface area contributed by atoms with E-state index in [1.54, 1.807) is 0 Å². The molecule has 0 saturated carbocycles. The van der Waals surface area contributed by atoms with Crippen LogP contribution in [0.5, 0.6) is 0 Å². The van der Waals surface area contributed by atoms with Gasteiger partial charge in [0.1, 0.15) is 0 Å². The zero-order valence-electron chi connectivity index (χ0n) is 13.7. The maximum absolute atomic E-state index is 4.11. The number of hydrogen-bond acceptors (Lipinski definition) is 3. The van der Waals surface area contributed by atoms with Crippen molar-refractivity contribution in [1.82, 2.24) is 19.4 Å². The van der Waals surface area contributed by atoms with E-state index in [1.807, 2.05) is 12.5 Å². The van der Waals surface area contributed by atoms with Gasteiger partial charge in [-0.25, -0.2) is 4.98 Å². The van der Waals surface area contributed by atoms with Crippen LogP contribution in [-0.2, 0) is 13.1 Å². The van der Waals surface area contributed by atoms with Crippen LogP contribution in [0.25, 0.3) is 0 Å². The molecule has 0 N–H and O–H groups in total. The molecule has 23 heavy (non-hydrogen) atoms. The van der Waals surface area contributed by atoms with Crippen molar-refractivity contribution in [1.29, 1.82) is 0 Å². The number of nitrogens with zero attached hydrogens (tertiary/aromatic N) is 4. The van der Waals surface area contributed by atoms with Crippen LogP contribution in [0.2, 0.25) is 0 Å². The van der Waals surface area contributed by atoms with Crippen molar-refractivity contribution in [3.05, 3.63) is 54.6 Å². The molecule has 2 aliphatic heterocycles. The highest BCUT2D eigenvalue weighted by Gasteiger charge is 2.39. The molecule has 3 heterocycles. The van der Waals surface area contributed by atoms with Crippen molar-refractivity contribution in [2.75, 3.05) is 32.7 Å². The molecule has 0 unspecified atom stereocenters. The van der Waals surface area contributed by atoms with Crippen molar-refractivity contribution in [3.8, 4) is 0 Å². The first-order chi connectivity index (χ1) is 11.4. The molecule has 0 aliphatic carbocycles. The van der Waals surface area contributed by atoms with Crippen LogP contribution in [0.1, 0.15) is 12.0 Å². The molecular weight excluding hydrogens is 284 g/mol. The highest BCUT2D eigenvalue weighted by atomic mass is 15.2. The van der Waals surface area contributed by atoms with E-state index in [0.717, 1.165) is 24.9 Å². The third kappa shape index (κ3) is 3.65. The second-order valence-electron chi connectivity index (χ2n) is 7.11. The second kappa shape index (κ2) is 6.85. The van der Waals surface area contributed by atoms with E-state index in [4.69, 9.17) is 0 Å². The Kier molecular flexibility index (Phi) is 4.44. The summed E-state index contributed by atoms with van der Waals surface area (Å²) in [6.45, 7) is 8.57. The Morgan fingerprint density at radius 2 is 1.65 bits per heavy atom. The van der Waals surface area contributed by atoms with Crippen LogP contribution in [0.3, 0.4) is 0 Å². The van der Waals surface area contributed by atoms with Gasteiger partial charge in [-0.3, -0.25) is 4.90 Å². The molecule has 2 aliphatic rings. The second-order valence-corrected chi connectivity index (χ2v) is 7.11. The van der Waals surface area contributed by atoms with Gasteiger partial charge in [0.15, 0.2) is 0 Å². The molecule has 4 nitrogen and oxygen atoms in total. The minimum atomic E-state index is 0.881. The summed E-state index contributed by atoms with van der Waals surface area (Å²) >= 11 is 0. The monoisotopic (exact) mass is 310 g/mol. The van der Waals surface area contributed by atoms with Gasteiger partial charge >= 0.3 is 0 Å². The van der Waals surface area contributed by atoms with Gasteiger partial charge in [-0.2, -0.15) is 0 Å². The Balaban J connectivity index is 1.21. The lowest BCUT2D eigenvalue weighted by molar-refractivity contribution is 0.247. The summed E-state index contributed by atoms with van der Waals surface area (Å²) in [5.41, 5.74) is 1.45. The molecule has 0 radical (unpaired) electrons. The van der Waals surface area contributed by atoms with Crippen LogP contribution in [0.15, 0.2) is 49.1 Å². The number of hydrogen-bond donors (Lipinski definition) is 0. The molecule has 122 valence electrons. The molecular formula is C19H26N4. The fraction of sp³-hybridized carbons (Fsp3) is 0.526. The zero-order valence-corrected chi connectivity index (χ0v) is 13.7. The van der Waals surface area contributed by atoms with Crippen molar-refractivity contribution >= 4 is 0 Å². The maximum atomic E-state index is 4.11. The molecule has 0 spiro atoms. The third-order valence-corrected chi connectivity index (χ3v) is 5.34. The Morgan fingerprint density at radius 1 is 0.913 bits per heavy atom. The largest absolute Gasteiger partial charge is 0.337 e. The number of fused-ring (bicyclic) bond motifs is 1. The summed E-state index contributed by atoms with van der Waals surface area (Å²) in [5, 5.41) is 0. The number of aromatic nitrogens is 2. The first kappa shape index (κ1) is 14.9. The van der Waals surface area contributed by atoms with Crippen molar-refractivity contribution in [2.24, 2.45) is 11.8 Å². The van der Waals surface area contributed by atoms with Gasteiger partial charge in [0, 0.05) is 51.7 Å². The standard InChI is InChI=1S/C19H26N4/c1-2-5-17(6-3-1)11-23-14-18-12-22(13-19(18)15-23)9-4-8-21-10-7-20-16-21/h1-3,5-7,10,16,18-19H,4,8-9,11-15H2/t18-,19+. The molecule has 0 bridgehead atoms. The first-order valence-corrected chi connectivity index (χ1v) is 8.81. The number of imidazole rings is 1. The van der Waals surface area contributed by atoms with Crippen LogP contribution in [0.4, 0.5) is 0 Å². The van der Waals surface area contributed by atoms with Gasteiger partial charge in [0.2, 0.25) is 0 Å². The van der Waals surface area contributed by atoms with Gasteiger partial charge in [-0.15, -0.1) is 0 Å². The molecule has 0 amide bonds. The predicted molar refractivity (Wildman–Crippen MR) is 92.0 cm³/mol. The molecule has 2 atom stereocenters. The van der Waals surface area contributed by atoms with E-state index in [0.29, 0.717) is 0 Å². The van der Waals surface area contributed by atoms with Crippen molar-refractivity contribution < 1.29 is 0 Å². The minimum absolute atomic E-state index is 0.881. The summed E-state index contributed by atoms with van der Waals surface area (Å²) in [7, 11) is 0. The average molecular weight is 310 g/mol. The van der Waals surface area contributed by atoms with E-state index in [9.17, 15) is 0 Å². The Bertz CT molecular complexity index is 581. The molecule has 2 saturated heterocycles. The topological polar surface area (TPSA) is 24.3 Å². The smallest absolute Gasteiger partial charge is 0.0945 e. The summed E-state index contributed by atoms with van der Waals surface area (Å²) in [5.74, 6) is 1.76. The molecule has 4 rings (SSSR count). The number of likely N-dealkylation sites (tertiary alicyclic amines) is 2. The first-order valence-electron chi connectivity index (χ1n) is 8.81.